The van der Waals surface area contributed by atoms with E-state index < -0.39 is 0 Å². The largest absolute Gasteiger partial charge is 0.393 e. The smallest absolute Gasteiger partial charge is 0.0754 e. The Labute approximate surface area is 60.4 Å². The van der Waals surface area contributed by atoms with Crippen LogP contribution in [0.3, 0.4) is 0 Å². The molecule has 0 bridgehead atoms. The number of ether oxygens (including phenoxy) is 1. The maximum absolute atomic E-state index is 9.24. The van der Waals surface area contributed by atoms with Crippen LogP contribution in [0.2, 0.25) is 0 Å². The van der Waals surface area contributed by atoms with Crippen molar-refractivity contribution < 1.29 is 9.84 Å². The van der Waals surface area contributed by atoms with Crippen molar-refractivity contribution in [1.82, 2.24) is 5.32 Å². The van der Waals surface area contributed by atoms with E-state index in [1.54, 1.807) is 0 Å². The maximum Gasteiger partial charge on any atom is 0.0754 e. The minimum Gasteiger partial charge on any atom is -0.393 e. The van der Waals surface area contributed by atoms with Gasteiger partial charge in [0.25, 0.3) is 0 Å². The lowest BCUT2D eigenvalue weighted by Gasteiger charge is -2.26. The molecule has 3 atom stereocenters. The Bertz CT molecular complexity index is 115. The first kappa shape index (κ1) is 6.58. The Morgan fingerprint density at radius 2 is 2.30 bits per heavy atom. The minimum absolute atomic E-state index is 0.138. The van der Waals surface area contributed by atoms with Crippen molar-refractivity contribution in [3.63, 3.8) is 0 Å². The molecule has 58 valence electrons. The van der Waals surface area contributed by atoms with Crippen LogP contribution in [0.4, 0.5) is 0 Å². The Kier molecular flexibility index (Phi) is 1.64. The van der Waals surface area contributed by atoms with Crippen LogP contribution in [-0.2, 0) is 4.74 Å². The first-order chi connectivity index (χ1) is 4.86. The molecule has 0 spiro atoms. The summed E-state index contributed by atoms with van der Waals surface area (Å²) in [6, 6.07) is 0.420. The molecule has 2 rings (SSSR count). The number of aliphatic hydroxyl groups excluding tert-OH is 1. The molecule has 1 saturated heterocycles. The number of aliphatic hydroxyl groups is 1. The highest BCUT2D eigenvalue weighted by molar-refractivity contribution is 4.91. The predicted molar refractivity (Wildman–Crippen MR) is 36.8 cm³/mol. The molecule has 2 fully saturated rings. The van der Waals surface area contributed by atoms with E-state index in [4.69, 9.17) is 4.74 Å². The van der Waals surface area contributed by atoms with Crippen LogP contribution < -0.4 is 5.32 Å². The predicted octanol–water partition coefficient (Wildman–Crippen LogP) is -0.502. The molecule has 1 saturated carbocycles. The van der Waals surface area contributed by atoms with E-state index in [9.17, 15) is 5.11 Å². The average Bonchev–Trinajstić information content (AvgIpc) is 2.27. The molecule has 1 aliphatic carbocycles. The summed E-state index contributed by atoms with van der Waals surface area (Å²) in [5.41, 5.74) is 0. The highest BCUT2D eigenvalue weighted by atomic mass is 16.5. The van der Waals surface area contributed by atoms with E-state index in [-0.39, 0.29) is 12.2 Å². The first-order valence-electron chi connectivity index (χ1n) is 3.89. The molecular formula is C7H13NO2. The van der Waals surface area contributed by atoms with Gasteiger partial charge in [0.1, 0.15) is 0 Å². The Hall–Kier alpha value is -0.120. The number of nitrogens with one attached hydrogen (secondary N) is 1. The molecule has 1 heterocycles. The van der Waals surface area contributed by atoms with E-state index in [2.05, 4.69) is 5.32 Å². The Morgan fingerprint density at radius 1 is 1.40 bits per heavy atom. The van der Waals surface area contributed by atoms with Gasteiger partial charge in [-0.1, -0.05) is 0 Å². The van der Waals surface area contributed by atoms with Crippen molar-refractivity contribution in [2.24, 2.45) is 0 Å². The van der Waals surface area contributed by atoms with Gasteiger partial charge in [-0.2, -0.15) is 0 Å². The minimum atomic E-state index is -0.138. The number of fused-ring (bicyclic) bond motifs is 1. The van der Waals surface area contributed by atoms with Gasteiger partial charge in [0, 0.05) is 19.0 Å². The number of hydrogen-bond acceptors (Lipinski definition) is 3. The van der Waals surface area contributed by atoms with Gasteiger partial charge in [-0.3, -0.25) is 0 Å². The lowest BCUT2D eigenvalue weighted by atomic mass is 10.2. The van der Waals surface area contributed by atoms with Crippen molar-refractivity contribution in [2.45, 2.75) is 31.1 Å². The van der Waals surface area contributed by atoms with Gasteiger partial charge < -0.3 is 15.2 Å². The zero-order valence-corrected chi connectivity index (χ0v) is 5.92. The highest BCUT2D eigenvalue weighted by Crippen LogP contribution is 2.24. The van der Waals surface area contributed by atoms with Crippen LogP contribution in [0.5, 0.6) is 0 Å². The molecular weight excluding hydrogens is 130 g/mol. The third-order valence-corrected chi connectivity index (χ3v) is 2.32. The van der Waals surface area contributed by atoms with Crippen molar-refractivity contribution in [3.8, 4) is 0 Å². The third-order valence-electron chi connectivity index (χ3n) is 2.32. The fourth-order valence-corrected chi connectivity index (χ4v) is 1.83. The average molecular weight is 143 g/mol. The van der Waals surface area contributed by atoms with Crippen molar-refractivity contribution in [2.75, 3.05) is 13.2 Å². The zero-order valence-electron chi connectivity index (χ0n) is 5.92. The summed E-state index contributed by atoms with van der Waals surface area (Å²) >= 11 is 0. The van der Waals surface area contributed by atoms with Crippen molar-refractivity contribution >= 4 is 0 Å². The summed E-state index contributed by atoms with van der Waals surface area (Å²) in [5.74, 6) is 0. The summed E-state index contributed by atoms with van der Waals surface area (Å²) in [7, 11) is 0. The summed E-state index contributed by atoms with van der Waals surface area (Å²) in [6.45, 7) is 1.74. The van der Waals surface area contributed by atoms with Crippen LogP contribution in [0.15, 0.2) is 0 Å². The molecule has 0 aromatic carbocycles. The van der Waals surface area contributed by atoms with Gasteiger partial charge in [0.05, 0.1) is 18.8 Å². The van der Waals surface area contributed by atoms with Gasteiger partial charge in [-0.15, -0.1) is 0 Å². The molecule has 0 aromatic rings. The van der Waals surface area contributed by atoms with Gasteiger partial charge in [-0.25, -0.2) is 0 Å². The number of morpholine rings is 1. The fourth-order valence-electron chi connectivity index (χ4n) is 1.83. The van der Waals surface area contributed by atoms with E-state index >= 15 is 0 Å². The van der Waals surface area contributed by atoms with E-state index in [0.717, 1.165) is 26.0 Å². The molecule has 0 aromatic heterocycles. The third kappa shape index (κ3) is 1.05. The molecule has 0 amide bonds. The molecule has 2 aliphatic rings. The second kappa shape index (κ2) is 2.49. The number of hydrogen-bond donors (Lipinski definition) is 2. The fraction of sp³-hybridized carbons (Fsp3) is 1.00. The van der Waals surface area contributed by atoms with Crippen molar-refractivity contribution in [1.29, 1.82) is 0 Å². The molecule has 1 aliphatic heterocycles. The summed E-state index contributed by atoms with van der Waals surface area (Å²) in [4.78, 5) is 0. The molecule has 10 heavy (non-hydrogen) atoms. The lowest BCUT2D eigenvalue weighted by Crippen LogP contribution is -2.44. The Morgan fingerprint density at radius 3 is 3.10 bits per heavy atom. The van der Waals surface area contributed by atoms with Gasteiger partial charge in [0.15, 0.2) is 0 Å². The second-order valence-electron chi connectivity index (χ2n) is 3.10. The van der Waals surface area contributed by atoms with Gasteiger partial charge in [0.2, 0.25) is 0 Å². The normalized spacial score (nSPS) is 47.1. The van der Waals surface area contributed by atoms with Crippen LogP contribution >= 0.6 is 0 Å². The summed E-state index contributed by atoms with van der Waals surface area (Å²) < 4.78 is 5.45. The van der Waals surface area contributed by atoms with Gasteiger partial charge >= 0.3 is 0 Å². The highest BCUT2D eigenvalue weighted by Gasteiger charge is 2.35. The monoisotopic (exact) mass is 143 g/mol. The molecule has 2 N–H and O–H groups in total. The van der Waals surface area contributed by atoms with Crippen molar-refractivity contribution in [3.05, 3.63) is 0 Å². The zero-order chi connectivity index (χ0) is 6.97. The topological polar surface area (TPSA) is 41.5 Å². The molecule has 3 heteroatoms. The maximum atomic E-state index is 9.24. The second-order valence-corrected chi connectivity index (χ2v) is 3.10. The van der Waals surface area contributed by atoms with E-state index in [1.165, 1.54) is 0 Å². The molecule has 0 radical (unpaired) electrons. The van der Waals surface area contributed by atoms with Crippen LogP contribution in [0, 0.1) is 0 Å². The first-order valence-corrected chi connectivity index (χ1v) is 3.89. The summed E-state index contributed by atoms with van der Waals surface area (Å²) in [6.07, 6.45) is 1.83. The van der Waals surface area contributed by atoms with Crippen LogP contribution in [0.25, 0.3) is 0 Å². The van der Waals surface area contributed by atoms with Gasteiger partial charge in [-0.05, 0) is 6.42 Å². The quantitative estimate of drug-likeness (QED) is 0.480. The summed E-state index contributed by atoms with van der Waals surface area (Å²) in [5, 5.41) is 12.6. The molecule has 3 nitrogen and oxygen atoms in total. The SMILES string of the molecule is O[C@@H]1C[C@@H]2NCCO[C@@H]2C1. The molecule has 0 unspecified atom stereocenters. The van der Waals surface area contributed by atoms with Crippen LogP contribution in [-0.4, -0.2) is 36.5 Å². The standard InChI is InChI=1S/C7H13NO2/c9-5-3-6-7(4-5)10-2-1-8-6/h5-9H,1-4H2/t5-,6+,7-/m1/s1. The number of rotatable bonds is 0. The lowest BCUT2D eigenvalue weighted by molar-refractivity contribution is 0.00774. The Balaban J connectivity index is 1.97. The van der Waals surface area contributed by atoms with E-state index in [1.807, 2.05) is 0 Å². The van der Waals surface area contributed by atoms with E-state index in [0.29, 0.717) is 6.04 Å². The van der Waals surface area contributed by atoms with Crippen LogP contribution in [0.1, 0.15) is 12.8 Å².